The summed E-state index contributed by atoms with van der Waals surface area (Å²) in [5, 5.41) is 3.18. The number of urea groups is 2. The second-order valence-electron chi connectivity index (χ2n) is 9.03. The standard InChI is InChI=1S/C18H34N4O2S/c1-16(2,3)22-12-17(4,19-14(22)23)8-9-18(5,13-25-7)21-11-10-20(6)15(21)24/h8-13H2,1-7H3,(H,19,23). The van der Waals surface area contributed by atoms with Gasteiger partial charge in [-0.05, 0) is 53.7 Å². The monoisotopic (exact) mass is 370 g/mol. The Balaban J connectivity index is 2.09. The van der Waals surface area contributed by atoms with Crippen molar-refractivity contribution in [2.45, 2.75) is 64.1 Å². The average molecular weight is 371 g/mol. The lowest BCUT2D eigenvalue weighted by Crippen LogP contribution is -2.52. The van der Waals surface area contributed by atoms with Crippen LogP contribution in [0.15, 0.2) is 0 Å². The maximum Gasteiger partial charge on any atom is 0.320 e. The van der Waals surface area contributed by atoms with Gasteiger partial charge in [0.25, 0.3) is 0 Å². The largest absolute Gasteiger partial charge is 0.331 e. The first kappa shape index (κ1) is 20.2. The fourth-order valence-electron chi connectivity index (χ4n) is 3.76. The minimum Gasteiger partial charge on any atom is -0.331 e. The normalized spacial score (nSPS) is 27.1. The van der Waals surface area contributed by atoms with Crippen LogP contribution >= 0.6 is 11.8 Å². The van der Waals surface area contributed by atoms with E-state index in [1.54, 1.807) is 16.7 Å². The minimum atomic E-state index is -0.251. The van der Waals surface area contributed by atoms with Crippen molar-refractivity contribution < 1.29 is 9.59 Å². The number of hydrogen-bond donors (Lipinski definition) is 1. The molecule has 0 radical (unpaired) electrons. The number of rotatable bonds is 6. The van der Waals surface area contributed by atoms with E-state index >= 15 is 0 Å². The van der Waals surface area contributed by atoms with Crippen LogP contribution in [-0.2, 0) is 0 Å². The molecule has 6 nitrogen and oxygen atoms in total. The summed E-state index contributed by atoms with van der Waals surface area (Å²) < 4.78 is 0. The van der Waals surface area contributed by atoms with Crippen molar-refractivity contribution in [3.05, 3.63) is 0 Å². The fourth-order valence-corrected chi connectivity index (χ4v) is 4.68. The lowest BCUT2D eigenvalue weighted by Gasteiger charge is -2.40. The molecule has 2 heterocycles. The topological polar surface area (TPSA) is 55.9 Å². The molecule has 0 bridgehead atoms. The molecule has 2 fully saturated rings. The number of nitrogens with zero attached hydrogens (tertiary/aromatic N) is 3. The molecule has 0 aliphatic carbocycles. The van der Waals surface area contributed by atoms with Crippen LogP contribution in [0.3, 0.4) is 0 Å². The molecule has 2 atom stereocenters. The summed E-state index contributed by atoms with van der Waals surface area (Å²) in [5.41, 5.74) is -0.624. The quantitative estimate of drug-likeness (QED) is 0.782. The van der Waals surface area contributed by atoms with Gasteiger partial charge in [0.1, 0.15) is 0 Å². The van der Waals surface area contributed by atoms with Crippen molar-refractivity contribution in [3.63, 3.8) is 0 Å². The van der Waals surface area contributed by atoms with E-state index in [1.165, 1.54) is 0 Å². The van der Waals surface area contributed by atoms with Gasteiger partial charge in [-0.3, -0.25) is 0 Å². The number of amides is 4. The highest BCUT2D eigenvalue weighted by Crippen LogP contribution is 2.33. The molecule has 2 aliphatic rings. The molecule has 1 N–H and O–H groups in total. The first-order valence-corrected chi connectivity index (χ1v) is 10.4. The Bertz CT molecular complexity index is 536. The molecule has 2 rings (SSSR count). The van der Waals surface area contributed by atoms with Crippen molar-refractivity contribution in [2.24, 2.45) is 0 Å². The van der Waals surface area contributed by atoms with Gasteiger partial charge in [0.05, 0.1) is 11.1 Å². The maximum atomic E-state index is 12.5. The molecular formula is C18H34N4O2S. The highest BCUT2D eigenvalue weighted by atomic mass is 32.2. The number of carbonyl (C=O) groups is 2. The number of likely N-dealkylation sites (N-methyl/N-ethyl adjacent to an activating group) is 1. The Kier molecular flexibility index (Phi) is 5.57. The molecule has 0 aromatic rings. The third-order valence-corrected chi connectivity index (χ3v) is 6.42. The van der Waals surface area contributed by atoms with Crippen LogP contribution in [0.1, 0.15) is 47.5 Å². The van der Waals surface area contributed by atoms with E-state index < -0.39 is 0 Å². The van der Waals surface area contributed by atoms with E-state index in [0.29, 0.717) is 6.54 Å². The van der Waals surface area contributed by atoms with Crippen molar-refractivity contribution >= 4 is 23.8 Å². The van der Waals surface area contributed by atoms with Gasteiger partial charge in [0.2, 0.25) is 0 Å². The van der Waals surface area contributed by atoms with Gasteiger partial charge < -0.3 is 20.0 Å². The summed E-state index contributed by atoms with van der Waals surface area (Å²) >= 11 is 1.78. The zero-order chi connectivity index (χ0) is 19.0. The van der Waals surface area contributed by atoms with Gasteiger partial charge in [-0.1, -0.05) is 0 Å². The van der Waals surface area contributed by atoms with Gasteiger partial charge in [-0.15, -0.1) is 0 Å². The van der Waals surface area contributed by atoms with Crippen molar-refractivity contribution in [2.75, 3.05) is 38.7 Å². The highest BCUT2D eigenvalue weighted by molar-refractivity contribution is 7.98. The Morgan fingerprint density at radius 1 is 1.16 bits per heavy atom. The molecule has 25 heavy (non-hydrogen) atoms. The third-order valence-electron chi connectivity index (χ3n) is 5.51. The van der Waals surface area contributed by atoms with E-state index in [-0.39, 0.29) is 28.7 Å². The lowest BCUT2D eigenvalue weighted by atomic mass is 9.87. The van der Waals surface area contributed by atoms with Crippen LogP contribution in [0, 0.1) is 0 Å². The molecule has 2 saturated heterocycles. The molecule has 0 aromatic carbocycles. The van der Waals surface area contributed by atoms with E-state index in [9.17, 15) is 9.59 Å². The van der Waals surface area contributed by atoms with Crippen molar-refractivity contribution in [1.82, 2.24) is 20.0 Å². The van der Waals surface area contributed by atoms with Gasteiger partial charge >= 0.3 is 12.1 Å². The zero-order valence-electron chi connectivity index (χ0n) is 16.8. The second kappa shape index (κ2) is 6.89. The lowest BCUT2D eigenvalue weighted by molar-refractivity contribution is 0.135. The van der Waals surface area contributed by atoms with E-state index in [4.69, 9.17) is 0 Å². The molecule has 2 aliphatic heterocycles. The van der Waals surface area contributed by atoms with Gasteiger partial charge in [-0.25, -0.2) is 9.59 Å². The van der Waals surface area contributed by atoms with E-state index in [1.807, 2.05) is 16.8 Å². The molecular weight excluding hydrogens is 336 g/mol. The number of thioether (sulfide) groups is 1. The molecule has 4 amide bonds. The average Bonchev–Trinajstić information content (AvgIpc) is 2.98. The van der Waals surface area contributed by atoms with Crippen LogP contribution in [0.2, 0.25) is 0 Å². The second-order valence-corrected chi connectivity index (χ2v) is 9.90. The Hall–Kier alpha value is -1.11. The summed E-state index contributed by atoms with van der Waals surface area (Å²) in [6.07, 6.45) is 3.82. The van der Waals surface area contributed by atoms with Crippen LogP contribution in [0.5, 0.6) is 0 Å². The van der Waals surface area contributed by atoms with Gasteiger partial charge in [0, 0.05) is 38.0 Å². The SMILES string of the molecule is CSCC(C)(CCC1(C)CN(C(C)(C)C)C(=O)N1)N1CCN(C)C1=O. The Morgan fingerprint density at radius 2 is 1.80 bits per heavy atom. The Labute approximate surface area is 156 Å². The third kappa shape index (κ3) is 4.18. The van der Waals surface area contributed by atoms with Crippen molar-refractivity contribution in [1.29, 1.82) is 0 Å². The van der Waals surface area contributed by atoms with Crippen LogP contribution < -0.4 is 5.32 Å². The summed E-state index contributed by atoms with van der Waals surface area (Å²) in [4.78, 5) is 30.6. The summed E-state index contributed by atoms with van der Waals surface area (Å²) in [5.74, 6) is 0.902. The smallest absolute Gasteiger partial charge is 0.320 e. The molecule has 2 unspecified atom stereocenters. The first-order chi connectivity index (χ1) is 11.4. The van der Waals surface area contributed by atoms with E-state index in [2.05, 4.69) is 46.2 Å². The molecule has 0 spiro atoms. The van der Waals surface area contributed by atoms with Crippen molar-refractivity contribution in [3.8, 4) is 0 Å². The molecule has 144 valence electrons. The fraction of sp³-hybridized carbons (Fsp3) is 0.889. The van der Waals surface area contributed by atoms with Crippen LogP contribution in [-0.4, -0.2) is 82.1 Å². The maximum absolute atomic E-state index is 12.5. The minimum absolute atomic E-state index is 0.0125. The van der Waals surface area contributed by atoms with Crippen LogP contribution in [0.4, 0.5) is 9.59 Å². The predicted molar refractivity (Wildman–Crippen MR) is 104 cm³/mol. The summed E-state index contributed by atoms with van der Waals surface area (Å²) in [6.45, 7) is 12.8. The van der Waals surface area contributed by atoms with Gasteiger partial charge in [-0.2, -0.15) is 11.8 Å². The van der Waals surface area contributed by atoms with E-state index in [0.717, 1.165) is 31.7 Å². The molecule has 7 heteroatoms. The predicted octanol–water partition coefficient (Wildman–Crippen LogP) is 2.84. The first-order valence-electron chi connectivity index (χ1n) is 9.03. The highest BCUT2D eigenvalue weighted by Gasteiger charge is 2.46. The van der Waals surface area contributed by atoms with Gasteiger partial charge in [0.15, 0.2) is 0 Å². The zero-order valence-corrected chi connectivity index (χ0v) is 17.6. The number of carbonyl (C=O) groups excluding carboxylic acids is 2. The molecule has 0 aromatic heterocycles. The number of hydrogen-bond acceptors (Lipinski definition) is 3. The number of nitrogens with one attached hydrogen (secondary N) is 1. The Morgan fingerprint density at radius 3 is 2.24 bits per heavy atom. The molecule has 0 saturated carbocycles. The summed E-state index contributed by atoms with van der Waals surface area (Å²) in [7, 11) is 1.86. The summed E-state index contributed by atoms with van der Waals surface area (Å²) in [6, 6.07) is 0.132. The van der Waals surface area contributed by atoms with Crippen LogP contribution in [0.25, 0.3) is 0 Å².